The molecule has 4 N–H and O–H groups in total. The number of amides is 5. The Morgan fingerprint density at radius 1 is 0.767 bits per heavy atom. The molecule has 2 unspecified atom stereocenters. The smallest absolute Gasteiger partial charge is 0.262 e. The second kappa shape index (κ2) is 21.1. The summed E-state index contributed by atoms with van der Waals surface area (Å²) in [6.45, 7) is 9.15. The van der Waals surface area contributed by atoms with Gasteiger partial charge in [0.05, 0.1) is 28.6 Å². The van der Waals surface area contributed by atoms with Crippen LogP contribution in [0.25, 0.3) is 11.5 Å². The molecule has 2 atom stereocenters. The molecule has 3 aromatic heterocycles. The summed E-state index contributed by atoms with van der Waals surface area (Å²) in [5.41, 5.74) is 2.96. The third-order valence-corrected chi connectivity index (χ3v) is 16.7. The van der Waals surface area contributed by atoms with E-state index < -0.39 is 30.0 Å². The van der Waals surface area contributed by atoms with Gasteiger partial charge in [0.15, 0.2) is 0 Å². The van der Waals surface area contributed by atoms with Crippen molar-refractivity contribution in [3.8, 4) is 11.5 Å². The van der Waals surface area contributed by atoms with E-state index in [1.54, 1.807) is 29.2 Å². The minimum absolute atomic E-state index is 0.00285. The number of likely N-dealkylation sites (tertiary alicyclic amines) is 1. The third-order valence-electron chi connectivity index (χ3n) is 16.7. The molecule has 2 saturated carbocycles. The van der Waals surface area contributed by atoms with E-state index in [4.69, 9.17) is 9.40 Å². The van der Waals surface area contributed by atoms with Crippen LogP contribution in [0.1, 0.15) is 97.8 Å². The molecule has 4 aromatic rings. The summed E-state index contributed by atoms with van der Waals surface area (Å²) in [7, 11) is 1.86. The highest BCUT2D eigenvalue weighted by atomic mass is 16.4. The molecule has 6 fully saturated rings. The van der Waals surface area contributed by atoms with Crippen LogP contribution in [0.3, 0.4) is 0 Å². The average molecular weight is 1000 g/mol. The first-order valence-electron chi connectivity index (χ1n) is 26.5. The van der Waals surface area contributed by atoms with Gasteiger partial charge in [-0.05, 0) is 101 Å². The summed E-state index contributed by atoms with van der Waals surface area (Å²) >= 11 is 0. The van der Waals surface area contributed by atoms with Gasteiger partial charge >= 0.3 is 0 Å². The van der Waals surface area contributed by atoms with E-state index in [0.29, 0.717) is 46.3 Å². The Kier molecular flexibility index (Phi) is 14.1. The zero-order chi connectivity index (χ0) is 50.2. The normalized spacial score (nSPS) is 26.7. The fourth-order valence-electron chi connectivity index (χ4n) is 12.4. The van der Waals surface area contributed by atoms with Gasteiger partial charge in [0.1, 0.15) is 18.1 Å². The fraction of sp³-hybridized carbons (Fsp3) is 0.608. The highest BCUT2D eigenvalue weighted by Crippen LogP contribution is 2.36. The Morgan fingerprint density at radius 3 is 2.12 bits per heavy atom. The molecule has 5 amide bonds. The molecule has 8 heterocycles. The largest absolute Gasteiger partial charge is 0.423 e. The van der Waals surface area contributed by atoms with Gasteiger partial charge in [-0.25, -0.2) is 4.98 Å². The summed E-state index contributed by atoms with van der Waals surface area (Å²) in [6.07, 6.45) is 15.3. The molecule has 1 aromatic carbocycles. The first-order valence-corrected chi connectivity index (χ1v) is 26.5. The summed E-state index contributed by atoms with van der Waals surface area (Å²) in [5, 5.41) is 31.3. The van der Waals surface area contributed by atoms with Crippen molar-refractivity contribution in [1.29, 1.82) is 0 Å². The monoisotopic (exact) mass is 1000 g/mol. The molecule has 73 heavy (non-hydrogen) atoms. The van der Waals surface area contributed by atoms with Crippen LogP contribution in [0.15, 0.2) is 47.6 Å². The number of piperazine rings is 2. The maximum atomic E-state index is 13.8. The number of imide groups is 1. The van der Waals surface area contributed by atoms with Crippen molar-refractivity contribution >= 4 is 52.7 Å². The van der Waals surface area contributed by atoms with Gasteiger partial charge in [0.25, 0.3) is 17.7 Å². The van der Waals surface area contributed by atoms with Gasteiger partial charge in [-0.1, -0.05) is 0 Å². The van der Waals surface area contributed by atoms with E-state index in [1.165, 1.54) is 6.39 Å². The number of aromatic nitrogens is 6. The Hall–Kier alpha value is -6.52. The molecule has 11 rings (SSSR count). The summed E-state index contributed by atoms with van der Waals surface area (Å²) in [6, 6.07) is 5.14. The topological polar surface area (TPSA) is 244 Å². The Labute approximate surface area is 424 Å². The Balaban J connectivity index is 0.576. The molecule has 22 heteroatoms. The van der Waals surface area contributed by atoms with Gasteiger partial charge in [-0.3, -0.25) is 43.4 Å². The summed E-state index contributed by atoms with van der Waals surface area (Å²) in [5.74, 6) is 1.04. The van der Waals surface area contributed by atoms with Crippen LogP contribution in [0.2, 0.25) is 0 Å². The van der Waals surface area contributed by atoms with Crippen LogP contribution < -0.4 is 20.9 Å². The number of nitrogens with zero attached hydrogens (tertiary/aromatic N) is 12. The van der Waals surface area contributed by atoms with Crippen molar-refractivity contribution in [3.63, 3.8) is 0 Å². The molecular formula is C51H67N15O7. The minimum Gasteiger partial charge on any atom is -0.423 e. The third kappa shape index (κ3) is 10.5. The number of hydrogen-bond acceptors (Lipinski definition) is 17. The fourth-order valence-corrected chi connectivity index (χ4v) is 12.4. The SMILES string of the molecule is Cn1cc(Nc2ncc(-c3nnco3)c(NC3CCC(N4CCN(C(=O)C5CCC(C(=O)N6CCC(CN7CCN(c8ccc9c(c8)C(=O)N(C8CCC(O)NC8=O)C9=O)CC7)CC6)CC5)CC4)CC3)n2)cn1. The second-order valence-corrected chi connectivity index (χ2v) is 21.2. The molecular weight excluding hydrogens is 935 g/mol. The number of aliphatic hydroxyl groups is 1. The molecule has 7 aliphatic rings. The van der Waals surface area contributed by atoms with Crippen LogP contribution in [-0.2, 0) is 21.4 Å². The molecule has 388 valence electrons. The predicted molar refractivity (Wildman–Crippen MR) is 267 cm³/mol. The number of nitrogens with one attached hydrogen (secondary N) is 3. The lowest BCUT2D eigenvalue weighted by molar-refractivity contribution is -0.143. The second-order valence-electron chi connectivity index (χ2n) is 21.2. The maximum Gasteiger partial charge on any atom is 0.262 e. The van der Waals surface area contributed by atoms with Gasteiger partial charge in [-0.2, -0.15) is 10.1 Å². The zero-order valence-corrected chi connectivity index (χ0v) is 41.6. The number of fused-ring (bicyclic) bond motifs is 1. The van der Waals surface area contributed by atoms with E-state index in [1.807, 2.05) is 19.3 Å². The Morgan fingerprint density at radius 2 is 1.47 bits per heavy atom. The van der Waals surface area contributed by atoms with Crippen LogP contribution in [-0.4, -0.2) is 185 Å². The van der Waals surface area contributed by atoms with Gasteiger partial charge in [0.2, 0.25) is 30.1 Å². The van der Waals surface area contributed by atoms with E-state index in [-0.39, 0.29) is 42.5 Å². The number of carbonyl (C=O) groups excluding carboxylic acids is 5. The number of benzene rings is 1. The molecule has 0 spiro atoms. The molecule has 0 bridgehead atoms. The number of anilines is 4. The number of aryl methyl sites for hydroxylation is 1. The number of hydrogen-bond donors (Lipinski definition) is 4. The molecule has 0 radical (unpaired) electrons. The van der Waals surface area contributed by atoms with Crippen molar-refractivity contribution in [3.05, 3.63) is 54.3 Å². The Bertz CT molecular complexity index is 2640. The zero-order valence-electron chi connectivity index (χ0n) is 41.6. The van der Waals surface area contributed by atoms with Crippen molar-refractivity contribution < 1.29 is 33.5 Å². The summed E-state index contributed by atoms with van der Waals surface area (Å²) < 4.78 is 7.23. The van der Waals surface area contributed by atoms with E-state index in [9.17, 15) is 29.1 Å². The molecule has 4 saturated heterocycles. The van der Waals surface area contributed by atoms with Crippen LogP contribution >= 0.6 is 0 Å². The van der Waals surface area contributed by atoms with Gasteiger partial charge in [0, 0.05) is 121 Å². The van der Waals surface area contributed by atoms with Crippen molar-refractivity contribution in [2.45, 2.75) is 101 Å². The number of rotatable bonds is 12. The highest BCUT2D eigenvalue weighted by Gasteiger charge is 2.45. The maximum absolute atomic E-state index is 13.8. The van der Waals surface area contributed by atoms with Gasteiger partial charge in [-0.15, -0.1) is 10.2 Å². The highest BCUT2D eigenvalue weighted by molar-refractivity contribution is 6.23. The first-order chi connectivity index (χ1) is 35.5. The van der Waals surface area contributed by atoms with Crippen molar-refractivity contribution in [2.75, 3.05) is 87.5 Å². The van der Waals surface area contributed by atoms with Crippen LogP contribution in [0.5, 0.6) is 0 Å². The van der Waals surface area contributed by atoms with Crippen LogP contribution in [0.4, 0.5) is 23.1 Å². The van der Waals surface area contributed by atoms with E-state index in [0.717, 1.165) is 152 Å². The lowest BCUT2D eigenvalue weighted by atomic mass is 9.80. The number of aliphatic hydroxyl groups excluding tert-OH is 1. The van der Waals surface area contributed by atoms with E-state index >= 15 is 0 Å². The molecule has 2 aliphatic carbocycles. The lowest BCUT2D eigenvalue weighted by Gasteiger charge is -2.43. The minimum atomic E-state index is -0.964. The average Bonchev–Trinajstić information content (AvgIpc) is 4.16. The predicted octanol–water partition coefficient (Wildman–Crippen LogP) is 2.93. The van der Waals surface area contributed by atoms with Crippen molar-refractivity contribution in [1.82, 2.24) is 59.8 Å². The lowest BCUT2D eigenvalue weighted by Crippen LogP contribution is -2.55. The van der Waals surface area contributed by atoms with Crippen molar-refractivity contribution in [2.24, 2.45) is 24.8 Å². The van der Waals surface area contributed by atoms with Crippen LogP contribution in [0, 0.1) is 17.8 Å². The standard InChI is InChI=1S/C51H67N15O7/c1-60-30-36(27-54-60)56-51-52-28-41(46-59-53-31-73-46)44(58-51)55-35-6-8-37(9-7-35)62-22-24-65(25-23-62)48(70)34-4-2-33(3-5-34)47(69)64-16-14-32(15-17-64)29-61-18-20-63(21-19-61)38-10-11-39-40(26-38)50(72)66(49(39)71)42-12-13-43(67)57-45(42)68/h10-11,26-28,30-35,37,42-43,67H,2-9,12-25,29H2,1H3,(H,57,68)(H2,52,55,56,58). The number of carbonyl (C=O) groups is 5. The summed E-state index contributed by atoms with van der Waals surface area (Å²) in [4.78, 5) is 88.6. The molecule has 22 nitrogen and oxygen atoms in total. The molecule has 5 aliphatic heterocycles. The van der Waals surface area contributed by atoms with Gasteiger partial charge < -0.3 is 40.2 Å². The first kappa shape index (κ1) is 48.7. The number of piperidine rings is 2. The quantitative estimate of drug-likeness (QED) is 0.149. The van der Waals surface area contributed by atoms with E-state index in [2.05, 4.69) is 60.7 Å².